The topological polar surface area (TPSA) is 85.1 Å². The van der Waals surface area contributed by atoms with Crippen LogP contribution in [-0.2, 0) is 11.2 Å². The van der Waals surface area contributed by atoms with Crippen LogP contribution in [0.3, 0.4) is 0 Å². The van der Waals surface area contributed by atoms with Crippen LogP contribution >= 0.6 is 0 Å². The Morgan fingerprint density at radius 3 is 2.39 bits per heavy atom. The van der Waals surface area contributed by atoms with Crippen LogP contribution in [-0.4, -0.2) is 11.9 Å². The molecule has 0 aliphatic rings. The molecular weight excluding hydrogens is 226 g/mol. The van der Waals surface area contributed by atoms with Crippen molar-refractivity contribution in [1.82, 2.24) is 0 Å². The molecule has 1 aromatic carbocycles. The molecule has 0 unspecified atom stereocenters. The van der Waals surface area contributed by atoms with Crippen molar-refractivity contribution in [2.24, 2.45) is 5.73 Å². The van der Waals surface area contributed by atoms with E-state index in [0.29, 0.717) is 6.42 Å². The first kappa shape index (κ1) is 16.2. The fourth-order valence-electron chi connectivity index (χ4n) is 1.23. The van der Waals surface area contributed by atoms with Crippen molar-refractivity contribution in [1.29, 1.82) is 5.41 Å². The predicted molar refractivity (Wildman–Crippen MR) is 77.5 cm³/mol. The molecule has 0 fully saturated rings. The number of hydrogen-bond acceptors (Lipinski definition) is 4. The summed E-state index contributed by atoms with van der Waals surface area (Å²) >= 11 is 0. The molecule has 4 nitrogen and oxygen atoms in total. The van der Waals surface area contributed by atoms with Gasteiger partial charge in [-0.2, -0.15) is 0 Å². The molecule has 0 spiro atoms. The lowest BCUT2D eigenvalue weighted by Crippen LogP contribution is -2.32. The van der Waals surface area contributed by atoms with Crippen LogP contribution in [0.15, 0.2) is 36.6 Å². The number of nitrogen functional groups attached to an aromatic ring is 1. The van der Waals surface area contributed by atoms with Gasteiger partial charge in [0.25, 0.3) is 0 Å². The minimum Gasteiger partial charge on any atom is -0.450 e. The molecule has 1 rings (SSSR count). The first-order valence-corrected chi connectivity index (χ1v) is 6.09. The van der Waals surface area contributed by atoms with Gasteiger partial charge in [0.15, 0.2) is 0 Å². The van der Waals surface area contributed by atoms with Gasteiger partial charge in [-0.15, -0.1) is 0 Å². The standard InChI is InChI=1S/C12H17N3O.C2H6/c1-2-7-16-12(15)11(14)8-9-3-5-10(13)6-4-9;1-2/h2-7,11,15H,8,13-14H2,1H3;1-2H3/b7-2+,15-12?;/t11-;/m0./s1. The fourth-order valence-corrected chi connectivity index (χ4v) is 1.23. The Bertz CT molecular complexity index is 371. The summed E-state index contributed by atoms with van der Waals surface area (Å²) in [4.78, 5) is 0. The third-order valence-electron chi connectivity index (χ3n) is 2.10. The van der Waals surface area contributed by atoms with Crippen molar-refractivity contribution in [2.75, 3.05) is 5.73 Å². The number of hydrogen-bond donors (Lipinski definition) is 3. The first-order valence-electron chi connectivity index (χ1n) is 6.09. The summed E-state index contributed by atoms with van der Waals surface area (Å²) < 4.78 is 5.00. The summed E-state index contributed by atoms with van der Waals surface area (Å²) in [5.41, 5.74) is 13.1. The smallest absolute Gasteiger partial charge is 0.203 e. The Labute approximate surface area is 109 Å². The van der Waals surface area contributed by atoms with Crippen molar-refractivity contribution < 1.29 is 4.74 Å². The van der Waals surface area contributed by atoms with E-state index < -0.39 is 6.04 Å². The lowest BCUT2D eigenvalue weighted by atomic mass is 10.1. The van der Waals surface area contributed by atoms with Crippen LogP contribution in [0.2, 0.25) is 0 Å². The van der Waals surface area contributed by atoms with E-state index in [-0.39, 0.29) is 5.90 Å². The number of ether oxygens (including phenoxy) is 1. The normalized spacial score (nSPS) is 11.6. The van der Waals surface area contributed by atoms with Crippen molar-refractivity contribution >= 4 is 11.6 Å². The molecule has 0 amide bonds. The van der Waals surface area contributed by atoms with Crippen LogP contribution in [0.4, 0.5) is 5.69 Å². The maximum absolute atomic E-state index is 7.57. The minimum atomic E-state index is -0.431. The van der Waals surface area contributed by atoms with E-state index in [1.165, 1.54) is 6.26 Å². The summed E-state index contributed by atoms with van der Waals surface area (Å²) in [5.74, 6) is 0.0647. The third kappa shape index (κ3) is 6.06. The van der Waals surface area contributed by atoms with Crippen LogP contribution in [0.1, 0.15) is 26.3 Å². The van der Waals surface area contributed by atoms with Crippen molar-refractivity contribution in [3.05, 3.63) is 42.2 Å². The summed E-state index contributed by atoms with van der Waals surface area (Å²) in [6, 6.07) is 7.01. The highest BCUT2D eigenvalue weighted by Crippen LogP contribution is 2.07. The SMILES string of the molecule is C/C=C/OC(=N)[C@@H](N)Cc1ccc(N)cc1.CC. The zero-order valence-electron chi connectivity index (χ0n) is 11.3. The second kappa shape index (κ2) is 9.24. The van der Waals surface area contributed by atoms with Crippen LogP contribution in [0.25, 0.3) is 0 Å². The third-order valence-corrected chi connectivity index (χ3v) is 2.10. The molecule has 0 heterocycles. The van der Waals surface area contributed by atoms with Gasteiger partial charge >= 0.3 is 0 Å². The van der Waals surface area contributed by atoms with E-state index in [9.17, 15) is 0 Å². The Hall–Kier alpha value is -1.81. The molecule has 1 atom stereocenters. The molecule has 0 aromatic heterocycles. The average molecular weight is 249 g/mol. The summed E-state index contributed by atoms with van der Waals surface area (Å²) in [6.45, 7) is 5.82. The molecule has 0 aliphatic heterocycles. The van der Waals surface area contributed by atoms with Crippen molar-refractivity contribution in [2.45, 2.75) is 33.2 Å². The Morgan fingerprint density at radius 2 is 1.89 bits per heavy atom. The zero-order valence-corrected chi connectivity index (χ0v) is 11.3. The lowest BCUT2D eigenvalue weighted by Gasteiger charge is -2.11. The summed E-state index contributed by atoms with van der Waals surface area (Å²) in [5, 5.41) is 7.57. The molecule has 0 bridgehead atoms. The maximum Gasteiger partial charge on any atom is 0.203 e. The number of benzene rings is 1. The quantitative estimate of drug-likeness (QED) is 0.332. The second-order valence-electron chi connectivity index (χ2n) is 3.50. The first-order chi connectivity index (χ1) is 8.63. The highest BCUT2D eigenvalue weighted by atomic mass is 16.5. The van der Waals surface area contributed by atoms with Gasteiger partial charge in [-0.1, -0.05) is 32.1 Å². The molecule has 0 aliphatic carbocycles. The van der Waals surface area contributed by atoms with Crippen LogP contribution < -0.4 is 11.5 Å². The van der Waals surface area contributed by atoms with Crippen molar-refractivity contribution in [3.63, 3.8) is 0 Å². The molecular formula is C14H23N3O. The average Bonchev–Trinajstić information content (AvgIpc) is 2.40. The van der Waals surface area contributed by atoms with Gasteiger partial charge in [0.1, 0.15) is 0 Å². The fraction of sp³-hybridized carbons (Fsp3) is 0.357. The number of rotatable bonds is 4. The van der Waals surface area contributed by atoms with Crippen LogP contribution in [0, 0.1) is 5.41 Å². The largest absolute Gasteiger partial charge is 0.450 e. The van der Waals surface area contributed by atoms with Crippen molar-refractivity contribution in [3.8, 4) is 0 Å². The number of nitrogens with one attached hydrogen (secondary N) is 1. The van der Waals surface area contributed by atoms with Crippen LogP contribution in [0.5, 0.6) is 0 Å². The Morgan fingerprint density at radius 1 is 1.33 bits per heavy atom. The van der Waals surface area contributed by atoms with Gasteiger partial charge in [0, 0.05) is 5.69 Å². The predicted octanol–water partition coefficient (Wildman–Crippen LogP) is 2.69. The molecule has 18 heavy (non-hydrogen) atoms. The zero-order chi connectivity index (χ0) is 14.0. The Kier molecular flexibility index (Phi) is 8.31. The number of nitrogens with two attached hydrogens (primary N) is 2. The number of allylic oxidation sites excluding steroid dienone is 1. The minimum absolute atomic E-state index is 0.0647. The molecule has 1 aromatic rings. The Balaban J connectivity index is 0.00000137. The van der Waals surface area contributed by atoms with E-state index in [1.54, 1.807) is 6.08 Å². The molecule has 0 radical (unpaired) electrons. The monoisotopic (exact) mass is 249 g/mol. The van der Waals surface area contributed by atoms with E-state index in [0.717, 1.165) is 11.3 Å². The van der Waals surface area contributed by atoms with Gasteiger partial charge in [-0.05, 0) is 31.0 Å². The van der Waals surface area contributed by atoms with Gasteiger partial charge in [-0.25, -0.2) is 0 Å². The maximum atomic E-state index is 7.57. The van der Waals surface area contributed by atoms with E-state index in [4.69, 9.17) is 21.6 Å². The second-order valence-corrected chi connectivity index (χ2v) is 3.50. The van der Waals surface area contributed by atoms with E-state index in [1.807, 2.05) is 45.0 Å². The highest BCUT2D eigenvalue weighted by molar-refractivity contribution is 5.79. The van der Waals surface area contributed by atoms with E-state index in [2.05, 4.69) is 0 Å². The van der Waals surface area contributed by atoms with Gasteiger partial charge in [-0.3, -0.25) is 5.41 Å². The molecule has 5 N–H and O–H groups in total. The molecule has 0 saturated carbocycles. The number of anilines is 1. The lowest BCUT2D eigenvalue weighted by molar-refractivity contribution is 0.437. The van der Waals surface area contributed by atoms with Gasteiger partial charge < -0.3 is 16.2 Å². The van der Waals surface area contributed by atoms with Gasteiger partial charge in [0.2, 0.25) is 5.90 Å². The molecule has 100 valence electrons. The van der Waals surface area contributed by atoms with E-state index >= 15 is 0 Å². The van der Waals surface area contributed by atoms with Gasteiger partial charge in [0.05, 0.1) is 12.3 Å². The summed E-state index contributed by atoms with van der Waals surface area (Å²) in [6.07, 6.45) is 3.73. The highest BCUT2D eigenvalue weighted by Gasteiger charge is 2.10. The summed E-state index contributed by atoms with van der Waals surface area (Å²) in [7, 11) is 0. The molecule has 4 heteroatoms. The molecule has 0 saturated heterocycles.